The number of aliphatic hydroxyl groups is 1. The molecule has 0 bridgehead atoms. The van der Waals surface area contributed by atoms with E-state index in [1.54, 1.807) is 15.8 Å². The summed E-state index contributed by atoms with van der Waals surface area (Å²) in [5.74, 6) is -0.478. The van der Waals surface area contributed by atoms with E-state index in [0.717, 1.165) is 17.0 Å². The quantitative estimate of drug-likeness (QED) is 0.660. The lowest BCUT2D eigenvalue weighted by Gasteiger charge is -2.31. The van der Waals surface area contributed by atoms with E-state index in [4.69, 9.17) is 4.74 Å². The fourth-order valence-electron chi connectivity index (χ4n) is 2.99. The summed E-state index contributed by atoms with van der Waals surface area (Å²) in [7, 11) is 0. The first-order valence-corrected chi connectivity index (χ1v) is 9.57. The maximum Gasteiger partial charge on any atom is 0.270 e. The molecular formula is C17H23N5O4S. The smallest absolute Gasteiger partial charge is 0.270 e. The topological polar surface area (TPSA) is 120 Å². The van der Waals surface area contributed by atoms with E-state index in [1.807, 2.05) is 13.8 Å². The van der Waals surface area contributed by atoms with Crippen LogP contribution in [-0.2, 0) is 16.0 Å². The van der Waals surface area contributed by atoms with Crippen molar-refractivity contribution in [2.75, 3.05) is 32.8 Å². The Kier molecular flexibility index (Phi) is 5.88. The number of nitrogens with one attached hydrogen (secondary N) is 2. The molecular weight excluding hydrogens is 370 g/mol. The number of nitrogens with zero attached hydrogens (tertiary/aromatic N) is 3. The number of hydrogen-bond acceptors (Lipinski definition) is 7. The molecule has 1 aliphatic heterocycles. The first-order chi connectivity index (χ1) is 12.9. The van der Waals surface area contributed by atoms with E-state index in [1.165, 1.54) is 11.3 Å². The molecule has 0 saturated carbocycles. The fourth-order valence-corrected chi connectivity index (χ4v) is 3.53. The van der Waals surface area contributed by atoms with E-state index in [2.05, 4.69) is 20.5 Å². The van der Waals surface area contributed by atoms with E-state index in [9.17, 15) is 14.7 Å². The molecule has 3 heterocycles. The minimum Gasteiger partial charge on any atom is -0.384 e. The van der Waals surface area contributed by atoms with Gasteiger partial charge in [0.15, 0.2) is 0 Å². The van der Waals surface area contributed by atoms with Gasteiger partial charge in [0.2, 0.25) is 5.91 Å². The van der Waals surface area contributed by atoms with Crippen molar-refractivity contribution in [3.05, 3.63) is 33.5 Å². The number of aromatic nitrogens is 3. The van der Waals surface area contributed by atoms with Crippen molar-refractivity contribution in [3.8, 4) is 0 Å². The van der Waals surface area contributed by atoms with Crippen molar-refractivity contribution < 1.29 is 19.4 Å². The van der Waals surface area contributed by atoms with Gasteiger partial charge in [0.1, 0.15) is 11.3 Å². The summed E-state index contributed by atoms with van der Waals surface area (Å²) in [4.78, 5) is 30.3. The Morgan fingerprint density at radius 2 is 2.30 bits per heavy atom. The Morgan fingerprint density at radius 1 is 1.48 bits per heavy atom. The van der Waals surface area contributed by atoms with Crippen LogP contribution in [0.2, 0.25) is 0 Å². The molecule has 1 aliphatic rings. The normalized spacial score (nSPS) is 20.3. The first-order valence-electron chi connectivity index (χ1n) is 8.63. The third-order valence-electron chi connectivity index (χ3n) is 4.57. The Bertz CT molecular complexity index is 787. The number of amides is 2. The Morgan fingerprint density at radius 3 is 2.96 bits per heavy atom. The highest BCUT2D eigenvalue weighted by molar-refractivity contribution is 7.07. The van der Waals surface area contributed by atoms with Crippen molar-refractivity contribution in [1.29, 1.82) is 0 Å². The highest BCUT2D eigenvalue weighted by atomic mass is 32.1. The number of rotatable bonds is 5. The van der Waals surface area contributed by atoms with Gasteiger partial charge in [-0.3, -0.25) is 14.7 Å². The molecule has 27 heavy (non-hydrogen) atoms. The summed E-state index contributed by atoms with van der Waals surface area (Å²) >= 11 is 1.32. The molecule has 2 aromatic heterocycles. The van der Waals surface area contributed by atoms with Crippen molar-refractivity contribution in [1.82, 2.24) is 25.4 Å². The van der Waals surface area contributed by atoms with E-state index in [-0.39, 0.29) is 37.9 Å². The second kappa shape index (κ2) is 8.15. The van der Waals surface area contributed by atoms with Crippen LogP contribution < -0.4 is 5.32 Å². The molecule has 10 heteroatoms. The monoisotopic (exact) mass is 393 g/mol. The van der Waals surface area contributed by atoms with E-state index < -0.39 is 5.60 Å². The molecule has 0 aromatic carbocycles. The van der Waals surface area contributed by atoms with E-state index in [0.29, 0.717) is 18.8 Å². The van der Waals surface area contributed by atoms with Crippen molar-refractivity contribution in [2.24, 2.45) is 0 Å². The molecule has 1 atom stereocenters. The molecule has 0 radical (unpaired) electrons. The van der Waals surface area contributed by atoms with Gasteiger partial charge >= 0.3 is 0 Å². The lowest BCUT2D eigenvalue weighted by Crippen LogP contribution is -2.53. The second-order valence-corrected chi connectivity index (χ2v) is 7.46. The number of ether oxygens (including phenoxy) is 1. The number of carbonyl (C=O) groups excluding carboxylic acids is 2. The van der Waals surface area contributed by atoms with Gasteiger partial charge in [-0.15, -0.1) is 11.3 Å². The van der Waals surface area contributed by atoms with Crippen LogP contribution in [0.1, 0.15) is 27.4 Å². The van der Waals surface area contributed by atoms with Crippen LogP contribution in [0.5, 0.6) is 0 Å². The van der Waals surface area contributed by atoms with Crippen LogP contribution in [0.3, 0.4) is 0 Å². The number of hydrogen-bond donors (Lipinski definition) is 3. The minimum atomic E-state index is -1.36. The summed E-state index contributed by atoms with van der Waals surface area (Å²) < 4.78 is 5.47. The highest BCUT2D eigenvalue weighted by Crippen LogP contribution is 2.16. The number of aromatic amines is 1. The standard InChI is InChI=1S/C17H23N5O4S/c1-11-13(12(2)21-20-11)5-15(23)22-3-4-26-9-17(25,8-22)7-18-16(24)14-6-27-10-19-14/h6,10,25H,3-5,7-9H2,1-2H3,(H,18,24)(H,20,21). The fraction of sp³-hybridized carbons (Fsp3) is 0.529. The van der Waals surface area contributed by atoms with Gasteiger partial charge in [-0.05, 0) is 13.8 Å². The molecule has 146 valence electrons. The Balaban J connectivity index is 1.63. The molecule has 1 saturated heterocycles. The van der Waals surface area contributed by atoms with E-state index >= 15 is 0 Å². The van der Waals surface area contributed by atoms with Gasteiger partial charge in [0.25, 0.3) is 5.91 Å². The predicted octanol–water partition coefficient (Wildman–Crippen LogP) is 0.0454. The highest BCUT2D eigenvalue weighted by Gasteiger charge is 2.35. The summed E-state index contributed by atoms with van der Waals surface area (Å²) in [5.41, 5.74) is 3.02. The molecule has 3 N–H and O–H groups in total. The summed E-state index contributed by atoms with van der Waals surface area (Å²) in [6.45, 7) is 4.53. The first kappa shape index (κ1) is 19.5. The van der Waals surface area contributed by atoms with Gasteiger partial charge in [-0.1, -0.05) is 0 Å². The van der Waals surface area contributed by atoms with Crippen LogP contribution >= 0.6 is 11.3 Å². The third-order valence-corrected chi connectivity index (χ3v) is 5.15. The predicted molar refractivity (Wildman–Crippen MR) is 98.6 cm³/mol. The van der Waals surface area contributed by atoms with Crippen LogP contribution in [-0.4, -0.2) is 75.5 Å². The van der Waals surface area contributed by atoms with Crippen LogP contribution in [0.4, 0.5) is 0 Å². The lowest BCUT2D eigenvalue weighted by molar-refractivity contribution is -0.133. The summed E-state index contributed by atoms with van der Waals surface area (Å²) in [6, 6.07) is 0. The number of carbonyl (C=O) groups is 2. The van der Waals surface area contributed by atoms with Gasteiger partial charge in [-0.25, -0.2) is 4.98 Å². The largest absolute Gasteiger partial charge is 0.384 e. The number of β-amino-alcohol motifs (C(OH)–C–C–N with tert-alkyl or cyclic N) is 1. The summed E-state index contributed by atoms with van der Waals surface area (Å²) in [5, 5.41) is 22.2. The SMILES string of the molecule is Cc1n[nH]c(C)c1CC(=O)N1CCOCC(O)(CNC(=O)c2cscn2)C1. The maximum absolute atomic E-state index is 12.8. The minimum absolute atomic E-state index is 0.0308. The molecule has 1 unspecified atom stereocenters. The Labute approximate surface area is 160 Å². The number of thiazole rings is 1. The number of H-pyrrole nitrogens is 1. The summed E-state index contributed by atoms with van der Waals surface area (Å²) in [6.07, 6.45) is 0.204. The van der Waals surface area contributed by atoms with Crippen molar-refractivity contribution in [3.63, 3.8) is 0 Å². The molecule has 2 aromatic rings. The molecule has 1 fully saturated rings. The number of aryl methyl sites for hydroxylation is 2. The molecule has 3 rings (SSSR count). The third kappa shape index (κ3) is 4.71. The maximum atomic E-state index is 12.8. The molecule has 0 aliphatic carbocycles. The van der Waals surface area contributed by atoms with Crippen LogP contribution in [0, 0.1) is 13.8 Å². The zero-order valence-electron chi connectivity index (χ0n) is 15.3. The zero-order valence-corrected chi connectivity index (χ0v) is 16.1. The van der Waals surface area contributed by atoms with Gasteiger partial charge in [0.05, 0.1) is 43.9 Å². The Hall–Kier alpha value is -2.30. The second-order valence-electron chi connectivity index (χ2n) is 6.74. The van der Waals surface area contributed by atoms with Crippen LogP contribution in [0.25, 0.3) is 0 Å². The zero-order chi connectivity index (χ0) is 19.4. The molecule has 0 spiro atoms. The molecule has 2 amide bonds. The average molecular weight is 393 g/mol. The van der Waals surface area contributed by atoms with Crippen LogP contribution in [0.15, 0.2) is 10.9 Å². The van der Waals surface area contributed by atoms with Crippen molar-refractivity contribution in [2.45, 2.75) is 25.9 Å². The average Bonchev–Trinajstić information content (AvgIpc) is 3.23. The van der Waals surface area contributed by atoms with Gasteiger partial charge < -0.3 is 20.1 Å². The van der Waals surface area contributed by atoms with Crippen molar-refractivity contribution >= 4 is 23.2 Å². The lowest BCUT2D eigenvalue weighted by atomic mass is 10.0. The molecule has 9 nitrogen and oxygen atoms in total. The van der Waals surface area contributed by atoms with Gasteiger partial charge in [-0.2, -0.15) is 5.10 Å². The van der Waals surface area contributed by atoms with Gasteiger partial charge in [0, 0.05) is 23.2 Å².